The predicted octanol–water partition coefficient (Wildman–Crippen LogP) is 1.85. The maximum Gasteiger partial charge on any atom is 0.230 e. The van der Waals surface area contributed by atoms with Crippen molar-refractivity contribution in [3.8, 4) is 17.1 Å². The number of nitrogens with zero attached hydrogens (tertiary/aromatic N) is 2. The highest BCUT2D eigenvalue weighted by Gasteiger charge is 1.98. The van der Waals surface area contributed by atoms with Gasteiger partial charge in [-0.05, 0) is 0 Å². The van der Waals surface area contributed by atoms with Gasteiger partial charge in [0, 0.05) is 5.56 Å². The Bertz CT molecular complexity index is 401. The van der Waals surface area contributed by atoms with Crippen LogP contribution >= 0.6 is 0 Å². The van der Waals surface area contributed by atoms with Gasteiger partial charge >= 0.3 is 0 Å². The molecule has 0 saturated carbocycles. The van der Waals surface area contributed by atoms with Crippen molar-refractivity contribution in [2.45, 2.75) is 0 Å². The smallest absolute Gasteiger partial charge is 0.230 e. The molecular weight excluding hydrogens is 164 g/mol. The molecule has 0 radical (unpaired) electrons. The van der Waals surface area contributed by atoms with Gasteiger partial charge in [0.2, 0.25) is 5.88 Å². The minimum absolute atomic E-state index is 0.0543. The van der Waals surface area contributed by atoms with Crippen molar-refractivity contribution in [1.29, 1.82) is 0 Å². The van der Waals surface area contributed by atoms with Gasteiger partial charge in [-0.2, -0.15) is 0 Å². The number of benzene rings is 1. The van der Waals surface area contributed by atoms with Crippen LogP contribution in [0.1, 0.15) is 0 Å². The second-order valence-corrected chi connectivity index (χ2v) is 2.63. The average Bonchev–Trinajstić information content (AvgIpc) is 2.19. The SMILES string of the molecule is Oc1cncc(-c2ccccc2)n1. The fourth-order valence-electron chi connectivity index (χ4n) is 1.10. The fraction of sp³-hybridized carbons (Fsp3) is 0. The number of hydrogen-bond donors (Lipinski definition) is 1. The molecule has 0 amide bonds. The van der Waals surface area contributed by atoms with Crippen LogP contribution in [0, 0.1) is 0 Å². The summed E-state index contributed by atoms with van der Waals surface area (Å²) in [6.07, 6.45) is 2.93. The third-order valence-electron chi connectivity index (χ3n) is 1.69. The van der Waals surface area contributed by atoms with Crippen LogP contribution in [0.5, 0.6) is 5.88 Å². The van der Waals surface area contributed by atoms with Gasteiger partial charge in [0.15, 0.2) is 0 Å². The Hall–Kier alpha value is -1.90. The molecule has 2 aromatic rings. The molecule has 0 atom stereocenters. The average molecular weight is 172 g/mol. The standard InChI is InChI=1S/C10H8N2O/c13-10-7-11-6-9(12-10)8-4-2-1-3-5-8/h1-7H,(H,12,13). The molecule has 0 fully saturated rings. The van der Waals surface area contributed by atoms with E-state index < -0.39 is 0 Å². The lowest BCUT2D eigenvalue weighted by Crippen LogP contribution is -1.84. The molecule has 3 nitrogen and oxygen atoms in total. The molecule has 1 heterocycles. The first kappa shape index (κ1) is 7.73. The summed E-state index contributed by atoms with van der Waals surface area (Å²) in [6, 6.07) is 9.61. The zero-order chi connectivity index (χ0) is 9.10. The molecule has 0 aliphatic heterocycles. The first-order chi connectivity index (χ1) is 6.36. The van der Waals surface area contributed by atoms with Crippen molar-refractivity contribution >= 4 is 0 Å². The van der Waals surface area contributed by atoms with Gasteiger partial charge in [0.1, 0.15) is 0 Å². The molecule has 0 saturated heterocycles. The monoisotopic (exact) mass is 172 g/mol. The number of rotatable bonds is 1. The van der Waals surface area contributed by atoms with Gasteiger partial charge in [0.25, 0.3) is 0 Å². The summed E-state index contributed by atoms with van der Waals surface area (Å²) < 4.78 is 0. The van der Waals surface area contributed by atoms with Crippen LogP contribution in [0.15, 0.2) is 42.7 Å². The molecule has 0 aliphatic rings. The summed E-state index contributed by atoms with van der Waals surface area (Å²) in [5.41, 5.74) is 1.63. The summed E-state index contributed by atoms with van der Waals surface area (Å²) in [5.74, 6) is -0.0543. The molecule has 0 spiro atoms. The lowest BCUT2D eigenvalue weighted by atomic mass is 10.2. The fourth-order valence-corrected chi connectivity index (χ4v) is 1.10. The molecule has 0 aliphatic carbocycles. The van der Waals surface area contributed by atoms with Crippen LogP contribution in [0.3, 0.4) is 0 Å². The summed E-state index contributed by atoms with van der Waals surface area (Å²) in [7, 11) is 0. The molecule has 13 heavy (non-hydrogen) atoms. The third-order valence-corrected chi connectivity index (χ3v) is 1.69. The highest BCUT2D eigenvalue weighted by molar-refractivity contribution is 5.57. The minimum Gasteiger partial charge on any atom is -0.492 e. The number of aromatic nitrogens is 2. The van der Waals surface area contributed by atoms with Crippen molar-refractivity contribution in [2.24, 2.45) is 0 Å². The van der Waals surface area contributed by atoms with Gasteiger partial charge in [-0.25, -0.2) is 4.98 Å². The molecular formula is C10H8N2O. The van der Waals surface area contributed by atoms with Gasteiger partial charge in [-0.3, -0.25) is 4.98 Å². The van der Waals surface area contributed by atoms with Crippen molar-refractivity contribution < 1.29 is 5.11 Å². The second kappa shape index (κ2) is 3.23. The zero-order valence-electron chi connectivity index (χ0n) is 6.88. The molecule has 1 aromatic heterocycles. The third kappa shape index (κ3) is 1.64. The van der Waals surface area contributed by atoms with Crippen LogP contribution < -0.4 is 0 Å². The van der Waals surface area contributed by atoms with E-state index in [1.807, 2.05) is 30.3 Å². The predicted molar refractivity (Wildman–Crippen MR) is 49.1 cm³/mol. The molecule has 0 bridgehead atoms. The van der Waals surface area contributed by atoms with Crippen LogP contribution in [0.2, 0.25) is 0 Å². The van der Waals surface area contributed by atoms with Crippen molar-refractivity contribution in [1.82, 2.24) is 9.97 Å². The van der Waals surface area contributed by atoms with E-state index in [1.54, 1.807) is 6.20 Å². The lowest BCUT2D eigenvalue weighted by Gasteiger charge is -1.98. The van der Waals surface area contributed by atoms with Crippen LogP contribution in [0.25, 0.3) is 11.3 Å². The highest BCUT2D eigenvalue weighted by Crippen LogP contribution is 2.16. The maximum absolute atomic E-state index is 9.10. The largest absolute Gasteiger partial charge is 0.492 e. The Morgan fingerprint density at radius 3 is 2.46 bits per heavy atom. The molecule has 1 aromatic carbocycles. The quantitative estimate of drug-likeness (QED) is 0.714. The van der Waals surface area contributed by atoms with E-state index in [4.69, 9.17) is 5.11 Å². The Balaban J connectivity index is 2.48. The van der Waals surface area contributed by atoms with Gasteiger partial charge in [0.05, 0.1) is 18.1 Å². The number of aromatic hydroxyl groups is 1. The lowest BCUT2D eigenvalue weighted by molar-refractivity contribution is 0.451. The van der Waals surface area contributed by atoms with Gasteiger partial charge in [-0.1, -0.05) is 30.3 Å². The van der Waals surface area contributed by atoms with Gasteiger partial charge < -0.3 is 5.11 Å². The summed E-state index contributed by atoms with van der Waals surface area (Å²) in [4.78, 5) is 7.78. The van der Waals surface area contributed by atoms with Crippen LogP contribution in [-0.2, 0) is 0 Å². The first-order valence-corrected chi connectivity index (χ1v) is 3.93. The summed E-state index contributed by atoms with van der Waals surface area (Å²) >= 11 is 0. The van der Waals surface area contributed by atoms with Crippen molar-refractivity contribution in [2.75, 3.05) is 0 Å². The van der Waals surface area contributed by atoms with E-state index in [9.17, 15) is 0 Å². The molecule has 0 unspecified atom stereocenters. The molecule has 2 rings (SSSR count). The van der Waals surface area contributed by atoms with Crippen molar-refractivity contribution in [3.63, 3.8) is 0 Å². The van der Waals surface area contributed by atoms with E-state index >= 15 is 0 Å². The normalized spacial score (nSPS) is 9.85. The second-order valence-electron chi connectivity index (χ2n) is 2.63. The zero-order valence-corrected chi connectivity index (χ0v) is 6.88. The van der Waals surface area contributed by atoms with Crippen molar-refractivity contribution in [3.05, 3.63) is 42.7 Å². The highest BCUT2D eigenvalue weighted by atomic mass is 16.3. The number of hydrogen-bond acceptors (Lipinski definition) is 3. The first-order valence-electron chi connectivity index (χ1n) is 3.93. The molecule has 1 N–H and O–H groups in total. The Morgan fingerprint density at radius 1 is 1.00 bits per heavy atom. The summed E-state index contributed by atoms with van der Waals surface area (Å²) in [5, 5.41) is 9.10. The topological polar surface area (TPSA) is 46.0 Å². The Labute approximate surface area is 75.7 Å². The Kier molecular flexibility index (Phi) is 1.92. The molecule has 3 heteroatoms. The van der Waals surface area contributed by atoms with Gasteiger partial charge in [-0.15, -0.1) is 0 Å². The van der Waals surface area contributed by atoms with E-state index in [1.165, 1.54) is 6.20 Å². The van der Waals surface area contributed by atoms with E-state index in [2.05, 4.69) is 9.97 Å². The van der Waals surface area contributed by atoms with E-state index in [0.717, 1.165) is 5.56 Å². The summed E-state index contributed by atoms with van der Waals surface area (Å²) in [6.45, 7) is 0. The maximum atomic E-state index is 9.10. The van der Waals surface area contributed by atoms with Crippen LogP contribution in [-0.4, -0.2) is 15.1 Å². The van der Waals surface area contributed by atoms with E-state index in [-0.39, 0.29) is 5.88 Å². The van der Waals surface area contributed by atoms with E-state index in [0.29, 0.717) is 5.69 Å². The molecule has 64 valence electrons. The Morgan fingerprint density at radius 2 is 1.77 bits per heavy atom. The minimum atomic E-state index is -0.0543. The van der Waals surface area contributed by atoms with Crippen LogP contribution in [0.4, 0.5) is 0 Å².